The molecule has 1 saturated heterocycles. The molecule has 0 aromatic heterocycles. The number of hydrogen-bond donors (Lipinski definition) is 1. The lowest BCUT2D eigenvalue weighted by molar-refractivity contribution is -0.0229. The molecular formula is C7H12O3. The summed E-state index contributed by atoms with van der Waals surface area (Å²) in [6, 6.07) is 0. The molecule has 3 heteroatoms. The topological polar surface area (TPSA) is 38.7 Å². The zero-order valence-corrected chi connectivity index (χ0v) is 5.82. The van der Waals surface area contributed by atoms with Gasteiger partial charge in [-0.05, 0) is 12.5 Å². The normalized spacial score (nSPS) is 32.5. The highest BCUT2D eigenvalue weighted by atomic mass is 16.7. The number of aliphatic hydroxyl groups is 1. The second kappa shape index (κ2) is 3.71. The van der Waals surface area contributed by atoms with Gasteiger partial charge in [0.15, 0.2) is 6.29 Å². The van der Waals surface area contributed by atoms with Crippen molar-refractivity contribution in [2.45, 2.75) is 18.8 Å². The van der Waals surface area contributed by atoms with Gasteiger partial charge in [0.2, 0.25) is 0 Å². The van der Waals surface area contributed by atoms with Gasteiger partial charge < -0.3 is 14.6 Å². The van der Waals surface area contributed by atoms with E-state index in [9.17, 15) is 0 Å². The summed E-state index contributed by atoms with van der Waals surface area (Å²) in [4.78, 5) is 0. The summed E-state index contributed by atoms with van der Waals surface area (Å²) in [6.07, 6.45) is 2.03. The van der Waals surface area contributed by atoms with Gasteiger partial charge >= 0.3 is 0 Å². The van der Waals surface area contributed by atoms with Crippen LogP contribution in [0.3, 0.4) is 0 Å². The van der Waals surface area contributed by atoms with Crippen LogP contribution in [0.4, 0.5) is 0 Å². The first kappa shape index (κ1) is 7.72. The van der Waals surface area contributed by atoms with Crippen molar-refractivity contribution in [2.75, 3.05) is 13.2 Å². The van der Waals surface area contributed by atoms with Gasteiger partial charge in [-0.2, -0.15) is 0 Å². The lowest BCUT2D eigenvalue weighted by Crippen LogP contribution is -2.12. The van der Waals surface area contributed by atoms with Crippen molar-refractivity contribution in [2.24, 2.45) is 0 Å². The second-order valence-corrected chi connectivity index (χ2v) is 2.21. The average molecular weight is 144 g/mol. The van der Waals surface area contributed by atoms with Crippen molar-refractivity contribution in [1.82, 2.24) is 0 Å². The quantitative estimate of drug-likeness (QED) is 0.579. The molecule has 0 radical (unpaired) electrons. The highest BCUT2D eigenvalue weighted by Gasteiger charge is 2.22. The Labute approximate surface area is 60.3 Å². The van der Waals surface area contributed by atoms with Crippen molar-refractivity contribution in [3.63, 3.8) is 0 Å². The summed E-state index contributed by atoms with van der Waals surface area (Å²) in [7, 11) is 0. The van der Waals surface area contributed by atoms with Gasteiger partial charge in [0.25, 0.3) is 0 Å². The molecule has 1 fully saturated rings. The fourth-order valence-electron chi connectivity index (χ4n) is 0.889. The smallest absolute Gasteiger partial charge is 0.177 e. The average Bonchev–Trinajstić information content (AvgIpc) is 2.37. The largest absolute Gasteiger partial charge is 0.396 e. The van der Waals surface area contributed by atoms with Crippen LogP contribution in [0, 0.1) is 0 Å². The number of aliphatic hydroxyl groups excluding tert-OH is 1. The molecule has 1 rings (SSSR count). The lowest BCUT2D eigenvalue weighted by Gasteiger charge is -2.05. The van der Waals surface area contributed by atoms with Gasteiger partial charge in [0.05, 0.1) is 12.7 Å². The Morgan fingerprint density at radius 3 is 3.00 bits per heavy atom. The van der Waals surface area contributed by atoms with E-state index in [-0.39, 0.29) is 19.0 Å². The minimum absolute atomic E-state index is 0.0491. The minimum atomic E-state index is -0.267. The third-order valence-electron chi connectivity index (χ3n) is 1.42. The van der Waals surface area contributed by atoms with E-state index in [1.807, 2.05) is 0 Å². The van der Waals surface area contributed by atoms with Crippen molar-refractivity contribution in [3.05, 3.63) is 12.7 Å². The molecule has 1 heterocycles. The molecule has 0 aromatic rings. The fraction of sp³-hybridized carbons (Fsp3) is 0.714. The van der Waals surface area contributed by atoms with E-state index in [2.05, 4.69) is 6.58 Å². The monoisotopic (exact) mass is 144 g/mol. The Morgan fingerprint density at radius 1 is 1.70 bits per heavy atom. The van der Waals surface area contributed by atoms with Crippen LogP contribution in [-0.2, 0) is 9.47 Å². The molecule has 3 nitrogen and oxygen atoms in total. The maximum absolute atomic E-state index is 8.52. The van der Waals surface area contributed by atoms with Crippen molar-refractivity contribution in [3.8, 4) is 0 Å². The zero-order chi connectivity index (χ0) is 7.40. The highest BCUT2D eigenvalue weighted by Crippen LogP contribution is 2.13. The van der Waals surface area contributed by atoms with E-state index in [0.717, 1.165) is 0 Å². The minimum Gasteiger partial charge on any atom is -0.396 e. The van der Waals surface area contributed by atoms with Gasteiger partial charge in [-0.25, -0.2) is 0 Å². The molecule has 1 N–H and O–H groups in total. The molecule has 10 heavy (non-hydrogen) atoms. The van der Waals surface area contributed by atoms with Crippen molar-refractivity contribution < 1.29 is 14.6 Å². The first-order valence-electron chi connectivity index (χ1n) is 3.37. The van der Waals surface area contributed by atoms with Crippen LogP contribution in [0.5, 0.6) is 0 Å². The maximum Gasteiger partial charge on any atom is 0.177 e. The van der Waals surface area contributed by atoms with E-state index >= 15 is 0 Å². The van der Waals surface area contributed by atoms with Crippen LogP contribution >= 0.6 is 0 Å². The Kier molecular flexibility index (Phi) is 2.86. The maximum atomic E-state index is 8.52. The van der Waals surface area contributed by atoms with Gasteiger partial charge in [-0.1, -0.05) is 6.58 Å². The first-order valence-corrected chi connectivity index (χ1v) is 3.37. The number of hydrogen-bond acceptors (Lipinski definition) is 3. The Morgan fingerprint density at radius 2 is 2.50 bits per heavy atom. The van der Waals surface area contributed by atoms with Crippen LogP contribution in [0.2, 0.25) is 0 Å². The molecule has 0 amide bonds. The molecule has 0 aliphatic carbocycles. The van der Waals surface area contributed by atoms with Gasteiger partial charge in [0.1, 0.15) is 0 Å². The molecule has 2 unspecified atom stereocenters. The van der Waals surface area contributed by atoms with E-state index in [0.29, 0.717) is 13.0 Å². The van der Waals surface area contributed by atoms with E-state index in [1.165, 1.54) is 0 Å². The third kappa shape index (κ3) is 1.80. The molecule has 1 aliphatic heterocycles. The van der Waals surface area contributed by atoms with Crippen LogP contribution in [-0.4, -0.2) is 30.7 Å². The van der Waals surface area contributed by atoms with Crippen LogP contribution in [0.15, 0.2) is 12.7 Å². The third-order valence-corrected chi connectivity index (χ3v) is 1.42. The van der Waals surface area contributed by atoms with E-state index in [4.69, 9.17) is 14.6 Å². The van der Waals surface area contributed by atoms with Crippen LogP contribution in [0.1, 0.15) is 6.42 Å². The Balaban J connectivity index is 2.21. The van der Waals surface area contributed by atoms with Gasteiger partial charge in [-0.15, -0.1) is 0 Å². The molecule has 0 aromatic carbocycles. The van der Waals surface area contributed by atoms with Crippen molar-refractivity contribution in [1.29, 1.82) is 0 Å². The summed E-state index contributed by atoms with van der Waals surface area (Å²) in [5, 5.41) is 8.52. The highest BCUT2D eigenvalue weighted by molar-refractivity contribution is 4.78. The van der Waals surface area contributed by atoms with Crippen molar-refractivity contribution >= 4 is 0 Å². The lowest BCUT2D eigenvalue weighted by atomic mass is 10.3. The predicted octanol–water partition coefficient (Wildman–Crippen LogP) is 0.296. The summed E-state index contributed by atoms with van der Waals surface area (Å²) in [6.45, 7) is 4.24. The summed E-state index contributed by atoms with van der Waals surface area (Å²) >= 11 is 0. The Hall–Kier alpha value is -0.380. The predicted molar refractivity (Wildman–Crippen MR) is 36.5 cm³/mol. The summed E-state index contributed by atoms with van der Waals surface area (Å²) in [5.74, 6) is 0. The molecule has 58 valence electrons. The van der Waals surface area contributed by atoms with E-state index in [1.54, 1.807) is 6.08 Å². The van der Waals surface area contributed by atoms with Crippen LogP contribution < -0.4 is 0 Å². The number of rotatable bonds is 3. The molecular weight excluding hydrogens is 132 g/mol. The molecule has 0 saturated carbocycles. The Bertz CT molecular complexity index is 113. The molecule has 0 bridgehead atoms. The van der Waals surface area contributed by atoms with E-state index < -0.39 is 0 Å². The van der Waals surface area contributed by atoms with Gasteiger partial charge in [0, 0.05) is 6.61 Å². The van der Waals surface area contributed by atoms with Gasteiger partial charge in [-0.3, -0.25) is 0 Å². The summed E-state index contributed by atoms with van der Waals surface area (Å²) in [5.41, 5.74) is 0. The fourth-order valence-corrected chi connectivity index (χ4v) is 0.889. The first-order chi connectivity index (χ1) is 4.86. The zero-order valence-electron chi connectivity index (χ0n) is 5.82. The van der Waals surface area contributed by atoms with Crippen LogP contribution in [0.25, 0.3) is 0 Å². The summed E-state index contributed by atoms with van der Waals surface area (Å²) < 4.78 is 10.4. The number of ether oxygens (including phenoxy) is 2. The standard InChI is InChI=1S/C7H12O3/c1-2-7-9-5-6(10-7)3-4-8/h2,6-8H,1,3-5H2. The second-order valence-electron chi connectivity index (χ2n) is 2.21. The molecule has 2 atom stereocenters. The SMILES string of the molecule is C=CC1OCC(CCO)O1. The molecule has 1 aliphatic rings. The molecule has 0 spiro atoms.